The smallest absolute Gasteiger partial charge is 0.271 e. The minimum absolute atomic E-state index is 0.0549. The SMILES string of the molecule is CC1(NC(=O)c2csc(-c3ccc(F)cc3)n2)CCS(=O)(=O)C1. The zero-order valence-corrected chi connectivity index (χ0v) is 14.0. The van der Waals surface area contributed by atoms with Crippen LogP contribution < -0.4 is 5.32 Å². The van der Waals surface area contributed by atoms with E-state index in [0.717, 1.165) is 5.56 Å². The summed E-state index contributed by atoms with van der Waals surface area (Å²) in [6, 6.07) is 5.86. The molecule has 0 aliphatic carbocycles. The molecule has 1 amide bonds. The number of nitrogens with zero attached hydrogens (tertiary/aromatic N) is 1. The third kappa shape index (κ3) is 3.59. The summed E-state index contributed by atoms with van der Waals surface area (Å²) in [5.41, 5.74) is 0.209. The Labute approximate surface area is 137 Å². The number of thiazole rings is 1. The van der Waals surface area contributed by atoms with Crippen LogP contribution in [-0.2, 0) is 9.84 Å². The number of amides is 1. The molecule has 1 fully saturated rings. The lowest BCUT2D eigenvalue weighted by Crippen LogP contribution is -2.47. The Morgan fingerprint density at radius 2 is 2.04 bits per heavy atom. The predicted molar refractivity (Wildman–Crippen MR) is 86.7 cm³/mol. The second kappa shape index (κ2) is 5.68. The van der Waals surface area contributed by atoms with E-state index < -0.39 is 21.3 Å². The molecular weight excluding hydrogens is 339 g/mol. The Balaban J connectivity index is 1.75. The molecule has 0 spiro atoms. The van der Waals surface area contributed by atoms with E-state index in [2.05, 4.69) is 10.3 Å². The lowest BCUT2D eigenvalue weighted by atomic mass is 10.0. The third-order valence-electron chi connectivity index (χ3n) is 3.75. The van der Waals surface area contributed by atoms with Crippen molar-refractivity contribution in [3.05, 3.63) is 41.2 Å². The van der Waals surface area contributed by atoms with Gasteiger partial charge in [0.25, 0.3) is 5.91 Å². The molecular formula is C15H15FN2O3S2. The van der Waals surface area contributed by atoms with E-state index in [4.69, 9.17) is 0 Å². The Morgan fingerprint density at radius 3 is 2.65 bits per heavy atom. The molecule has 3 rings (SSSR count). The zero-order valence-electron chi connectivity index (χ0n) is 12.4. The average Bonchev–Trinajstić information content (AvgIpc) is 3.05. The molecule has 23 heavy (non-hydrogen) atoms. The first kappa shape index (κ1) is 16.1. The first-order valence-corrected chi connectivity index (χ1v) is 9.71. The van der Waals surface area contributed by atoms with Crippen molar-refractivity contribution in [1.82, 2.24) is 10.3 Å². The Morgan fingerprint density at radius 1 is 1.35 bits per heavy atom. The summed E-state index contributed by atoms with van der Waals surface area (Å²) in [5, 5.41) is 4.99. The van der Waals surface area contributed by atoms with Crippen LogP contribution in [0.5, 0.6) is 0 Å². The fourth-order valence-electron chi connectivity index (χ4n) is 2.55. The van der Waals surface area contributed by atoms with Gasteiger partial charge in [-0.05, 0) is 37.6 Å². The molecule has 2 heterocycles. The van der Waals surface area contributed by atoms with Crippen LogP contribution in [0.4, 0.5) is 4.39 Å². The second-order valence-electron chi connectivity index (χ2n) is 5.90. The maximum absolute atomic E-state index is 12.9. The van der Waals surface area contributed by atoms with Crippen molar-refractivity contribution < 1.29 is 17.6 Å². The van der Waals surface area contributed by atoms with E-state index in [9.17, 15) is 17.6 Å². The average molecular weight is 354 g/mol. The van der Waals surface area contributed by atoms with Crippen LogP contribution >= 0.6 is 11.3 Å². The van der Waals surface area contributed by atoms with E-state index >= 15 is 0 Å². The molecule has 1 atom stereocenters. The monoisotopic (exact) mass is 354 g/mol. The number of hydrogen-bond acceptors (Lipinski definition) is 5. The Hall–Kier alpha value is -1.80. The molecule has 1 aliphatic heterocycles. The van der Waals surface area contributed by atoms with Crippen LogP contribution in [0.25, 0.3) is 10.6 Å². The Kier molecular flexibility index (Phi) is 3.97. The van der Waals surface area contributed by atoms with E-state index in [1.807, 2.05) is 0 Å². The van der Waals surface area contributed by atoms with Crippen LogP contribution in [-0.4, -0.2) is 36.4 Å². The van der Waals surface area contributed by atoms with Crippen molar-refractivity contribution in [2.24, 2.45) is 0 Å². The third-order valence-corrected chi connectivity index (χ3v) is 6.54. The highest BCUT2D eigenvalue weighted by Gasteiger charge is 2.39. The van der Waals surface area contributed by atoms with Crippen molar-refractivity contribution in [1.29, 1.82) is 0 Å². The molecule has 1 N–H and O–H groups in total. The van der Waals surface area contributed by atoms with E-state index in [0.29, 0.717) is 11.4 Å². The first-order chi connectivity index (χ1) is 10.8. The van der Waals surface area contributed by atoms with Crippen molar-refractivity contribution in [2.75, 3.05) is 11.5 Å². The molecule has 5 nitrogen and oxygen atoms in total. The van der Waals surface area contributed by atoms with Crippen molar-refractivity contribution >= 4 is 27.1 Å². The predicted octanol–water partition coefficient (Wildman–Crippen LogP) is 2.26. The van der Waals surface area contributed by atoms with Gasteiger partial charge in [-0.15, -0.1) is 11.3 Å². The van der Waals surface area contributed by atoms with Crippen molar-refractivity contribution in [3.63, 3.8) is 0 Å². The number of carbonyl (C=O) groups excluding carboxylic acids is 1. The van der Waals surface area contributed by atoms with Gasteiger partial charge in [-0.25, -0.2) is 17.8 Å². The number of rotatable bonds is 3. The molecule has 1 unspecified atom stereocenters. The fourth-order valence-corrected chi connectivity index (χ4v) is 5.45. The summed E-state index contributed by atoms with van der Waals surface area (Å²) in [6.07, 6.45) is 0.399. The van der Waals surface area contributed by atoms with Gasteiger partial charge >= 0.3 is 0 Å². The summed E-state index contributed by atoms with van der Waals surface area (Å²) in [5.74, 6) is -0.699. The highest BCUT2D eigenvalue weighted by molar-refractivity contribution is 7.91. The standard InChI is InChI=1S/C15H15FN2O3S2/c1-15(6-7-23(20,21)9-15)18-13(19)12-8-22-14(17-12)10-2-4-11(16)5-3-10/h2-5,8H,6-7,9H2,1H3,(H,18,19). The number of hydrogen-bond donors (Lipinski definition) is 1. The number of halogens is 1. The molecule has 1 aromatic heterocycles. The van der Waals surface area contributed by atoms with Crippen LogP contribution in [0.3, 0.4) is 0 Å². The van der Waals surface area contributed by atoms with Gasteiger partial charge in [-0.2, -0.15) is 0 Å². The molecule has 0 radical (unpaired) electrons. The normalized spacial score (nSPS) is 22.9. The van der Waals surface area contributed by atoms with Gasteiger partial charge in [0.2, 0.25) is 0 Å². The second-order valence-corrected chi connectivity index (χ2v) is 8.94. The molecule has 1 aromatic carbocycles. The quantitative estimate of drug-likeness (QED) is 0.917. The maximum Gasteiger partial charge on any atom is 0.271 e. The number of carbonyl (C=O) groups is 1. The van der Waals surface area contributed by atoms with Crippen LogP contribution in [0, 0.1) is 5.82 Å². The molecule has 122 valence electrons. The summed E-state index contributed by atoms with van der Waals surface area (Å²) < 4.78 is 36.1. The molecule has 1 aliphatic rings. The first-order valence-electron chi connectivity index (χ1n) is 7.01. The fraction of sp³-hybridized carbons (Fsp3) is 0.333. The Bertz CT molecular complexity index is 846. The maximum atomic E-state index is 12.9. The topological polar surface area (TPSA) is 76.1 Å². The number of aromatic nitrogens is 1. The molecule has 0 bridgehead atoms. The van der Waals surface area contributed by atoms with Gasteiger partial charge in [0.05, 0.1) is 17.0 Å². The van der Waals surface area contributed by atoms with Gasteiger partial charge in [0.15, 0.2) is 9.84 Å². The molecule has 0 saturated carbocycles. The number of benzene rings is 1. The van der Waals surface area contributed by atoms with E-state index in [1.165, 1.54) is 23.5 Å². The molecule has 2 aromatic rings. The van der Waals surface area contributed by atoms with Crippen molar-refractivity contribution in [2.45, 2.75) is 18.9 Å². The van der Waals surface area contributed by atoms with Crippen LogP contribution in [0.15, 0.2) is 29.6 Å². The number of nitrogens with one attached hydrogen (secondary N) is 1. The van der Waals surface area contributed by atoms with Crippen molar-refractivity contribution in [3.8, 4) is 10.6 Å². The van der Waals surface area contributed by atoms with Crippen LogP contribution in [0.1, 0.15) is 23.8 Å². The molecule has 8 heteroatoms. The van der Waals surface area contributed by atoms with E-state index in [-0.39, 0.29) is 23.0 Å². The lowest BCUT2D eigenvalue weighted by molar-refractivity contribution is 0.0911. The van der Waals surface area contributed by atoms with Gasteiger partial charge < -0.3 is 5.32 Å². The van der Waals surface area contributed by atoms with Gasteiger partial charge in [-0.1, -0.05) is 0 Å². The molecule has 1 saturated heterocycles. The van der Waals surface area contributed by atoms with E-state index in [1.54, 1.807) is 24.4 Å². The largest absolute Gasteiger partial charge is 0.344 e. The summed E-state index contributed by atoms with van der Waals surface area (Å²) >= 11 is 1.28. The minimum Gasteiger partial charge on any atom is -0.344 e. The highest BCUT2D eigenvalue weighted by atomic mass is 32.2. The summed E-state index contributed by atoms with van der Waals surface area (Å²) in [6.45, 7) is 1.72. The highest BCUT2D eigenvalue weighted by Crippen LogP contribution is 2.26. The lowest BCUT2D eigenvalue weighted by Gasteiger charge is -2.23. The summed E-state index contributed by atoms with van der Waals surface area (Å²) in [4.78, 5) is 16.5. The summed E-state index contributed by atoms with van der Waals surface area (Å²) in [7, 11) is -3.09. The van der Waals surface area contributed by atoms with Gasteiger partial charge in [0, 0.05) is 10.9 Å². The minimum atomic E-state index is -3.09. The zero-order chi connectivity index (χ0) is 16.7. The van der Waals surface area contributed by atoms with Gasteiger partial charge in [0.1, 0.15) is 16.5 Å². The number of sulfone groups is 1. The van der Waals surface area contributed by atoms with Gasteiger partial charge in [-0.3, -0.25) is 4.79 Å². The van der Waals surface area contributed by atoms with Crippen LogP contribution in [0.2, 0.25) is 0 Å².